The third kappa shape index (κ3) is 2.62. The van der Waals surface area contributed by atoms with Crippen LogP contribution in [0.5, 0.6) is 0 Å². The first-order chi connectivity index (χ1) is 11.2. The largest absolute Gasteiger partial charge is 0.359 e. The monoisotopic (exact) mass is 327 g/mol. The lowest BCUT2D eigenvalue weighted by atomic mass is 10.0. The zero-order chi connectivity index (χ0) is 15.8. The van der Waals surface area contributed by atoms with Crippen molar-refractivity contribution < 1.29 is 13.9 Å². The highest BCUT2D eigenvalue weighted by molar-refractivity contribution is 7.20. The number of hydrogen-bond donors (Lipinski definition) is 0. The molecule has 0 radical (unpaired) electrons. The van der Waals surface area contributed by atoms with Gasteiger partial charge in [0.2, 0.25) is 0 Å². The minimum Gasteiger partial charge on any atom is -0.359 e. The van der Waals surface area contributed by atoms with Gasteiger partial charge in [0.1, 0.15) is 12.5 Å². The number of rotatable bonds is 2. The Morgan fingerprint density at radius 2 is 2.00 bits per heavy atom. The Labute approximate surface area is 136 Å². The van der Waals surface area contributed by atoms with E-state index in [1.807, 2.05) is 24.3 Å². The summed E-state index contributed by atoms with van der Waals surface area (Å²) in [6, 6.07) is 14.3. The molecule has 23 heavy (non-hydrogen) atoms. The summed E-state index contributed by atoms with van der Waals surface area (Å²) >= 11 is 1.48. The van der Waals surface area contributed by atoms with Crippen LogP contribution in [0.2, 0.25) is 0 Å². The molecule has 2 heterocycles. The second kappa shape index (κ2) is 5.76. The maximum atomic E-state index is 13.1. The molecular formula is C18H14FNO2S. The van der Waals surface area contributed by atoms with Crippen molar-refractivity contribution in [3.05, 3.63) is 59.2 Å². The summed E-state index contributed by atoms with van der Waals surface area (Å²) in [6.07, 6.45) is 0. The van der Waals surface area contributed by atoms with Gasteiger partial charge in [0, 0.05) is 16.6 Å². The summed E-state index contributed by atoms with van der Waals surface area (Å²) in [6.45, 7) is 1.59. The molecule has 0 atom stereocenters. The minimum absolute atomic E-state index is 0.00811. The first-order valence-electron chi connectivity index (χ1n) is 7.38. The van der Waals surface area contributed by atoms with E-state index in [4.69, 9.17) is 4.74 Å². The Morgan fingerprint density at radius 3 is 2.74 bits per heavy atom. The Morgan fingerprint density at radius 1 is 1.17 bits per heavy atom. The van der Waals surface area contributed by atoms with E-state index in [9.17, 15) is 9.18 Å². The van der Waals surface area contributed by atoms with Gasteiger partial charge in [-0.05, 0) is 35.4 Å². The van der Waals surface area contributed by atoms with Gasteiger partial charge in [-0.15, -0.1) is 11.3 Å². The van der Waals surface area contributed by atoms with E-state index >= 15 is 0 Å². The molecule has 1 saturated heterocycles. The van der Waals surface area contributed by atoms with Gasteiger partial charge in [-0.1, -0.05) is 24.3 Å². The fraction of sp³-hybridized carbons (Fsp3) is 0.167. The topological polar surface area (TPSA) is 29.5 Å². The first-order valence-corrected chi connectivity index (χ1v) is 8.19. The number of fused-ring (bicyclic) bond motifs is 1. The lowest BCUT2D eigenvalue weighted by Gasteiger charge is -2.11. The van der Waals surface area contributed by atoms with Gasteiger partial charge >= 0.3 is 0 Å². The van der Waals surface area contributed by atoms with Crippen LogP contribution in [0.4, 0.5) is 4.39 Å². The normalized spacial score (nSPS) is 14.6. The molecule has 0 unspecified atom stereocenters. The van der Waals surface area contributed by atoms with Gasteiger partial charge < -0.3 is 9.64 Å². The number of thiophene rings is 1. The highest BCUT2D eigenvalue weighted by Gasteiger charge is 2.22. The number of benzene rings is 2. The van der Waals surface area contributed by atoms with Crippen LogP contribution in [0.15, 0.2) is 48.5 Å². The van der Waals surface area contributed by atoms with E-state index in [0.717, 1.165) is 21.2 Å². The molecule has 1 aliphatic rings. The summed E-state index contributed by atoms with van der Waals surface area (Å²) in [5.74, 6) is -0.245. The Hall–Kier alpha value is -2.24. The van der Waals surface area contributed by atoms with Crippen molar-refractivity contribution >= 4 is 27.3 Å². The van der Waals surface area contributed by atoms with E-state index in [-0.39, 0.29) is 11.7 Å². The van der Waals surface area contributed by atoms with Crippen LogP contribution >= 0.6 is 11.3 Å². The van der Waals surface area contributed by atoms with Crippen LogP contribution in [0.3, 0.4) is 0 Å². The van der Waals surface area contributed by atoms with Crippen molar-refractivity contribution in [2.24, 2.45) is 0 Å². The third-order valence-electron chi connectivity index (χ3n) is 3.97. The van der Waals surface area contributed by atoms with E-state index < -0.39 is 0 Å². The quantitative estimate of drug-likeness (QED) is 0.708. The Kier molecular flexibility index (Phi) is 3.59. The van der Waals surface area contributed by atoms with Crippen molar-refractivity contribution in [3.63, 3.8) is 0 Å². The third-order valence-corrected chi connectivity index (χ3v) is 5.06. The fourth-order valence-electron chi connectivity index (χ4n) is 2.78. The Bertz CT molecular complexity index is 866. The molecule has 4 rings (SSSR count). The molecule has 0 N–H and O–H groups in total. The SMILES string of the molecule is O=C(c1cc2c(-c3ccc(F)cc3)cccc2s1)N1CCOC1. The number of carbonyl (C=O) groups excluding carboxylic acids is 1. The maximum Gasteiger partial charge on any atom is 0.265 e. The van der Waals surface area contributed by atoms with Crippen LogP contribution in [0.25, 0.3) is 21.2 Å². The predicted molar refractivity (Wildman–Crippen MR) is 89.1 cm³/mol. The number of halogens is 1. The van der Waals surface area contributed by atoms with Crippen LogP contribution in [0.1, 0.15) is 9.67 Å². The van der Waals surface area contributed by atoms with Gasteiger partial charge in [-0.2, -0.15) is 0 Å². The number of hydrogen-bond acceptors (Lipinski definition) is 3. The molecule has 1 fully saturated rings. The number of carbonyl (C=O) groups is 1. The molecule has 0 bridgehead atoms. The predicted octanol–water partition coefficient (Wildman–Crippen LogP) is 4.14. The average molecular weight is 327 g/mol. The molecule has 1 amide bonds. The molecule has 2 aromatic carbocycles. The molecular weight excluding hydrogens is 313 g/mol. The second-order valence-electron chi connectivity index (χ2n) is 5.44. The van der Waals surface area contributed by atoms with Crippen LogP contribution in [0, 0.1) is 5.82 Å². The summed E-state index contributed by atoms with van der Waals surface area (Å²) in [5.41, 5.74) is 1.95. The van der Waals surface area contributed by atoms with Crippen molar-refractivity contribution in [1.29, 1.82) is 0 Å². The van der Waals surface area contributed by atoms with Gasteiger partial charge in [0.15, 0.2) is 0 Å². The summed E-state index contributed by atoms with van der Waals surface area (Å²) < 4.78 is 19.4. The van der Waals surface area contributed by atoms with E-state index in [1.165, 1.54) is 23.5 Å². The molecule has 3 nitrogen and oxygen atoms in total. The maximum absolute atomic E-state index is 13.1. The molecule has 3 aromatic rings. The lowest BCUT2D eigenvalue weighted by Crippen LogP contribution is -2.27. The summed E-state index contributed by atoms with van der Waals surface area (Å²) in [7, 11) is 0. The zero-order valence-corrected chi connectivity index (χ0v) is 13.1. The molecule has 0 aliphatic carbocycles. The van der Waals surface area contributed by atoms with Crippen LogP contribution < -0.4 is 0 Å². The fourth-order valence-corrected chi connectivity index (χ4v) is 3.83. The summed E-state index contributed by atoms with van der Waals surface area (Å²) in [5, 5.41) is 1.02. The zero-order valence-electron chi connectivity index (χ0n) is 12.3. The van der Waals surface area contributed by atoms with Crippen molar-refractivity contribution in [1.82, 2.24) is 4.90 Å². The molecule has 116 valence electrons. The molecule has 1 aliphatic heterocycles. The van der Waals surface area contributed by atoms with E-state index in [0.29, 0.717) is 24.8 Å². The van der Waals surface area contributed by atoms with Crippen LogP contribution in [-0.2, 0) is 4.74 Å². The number of ether oxygens (including phenoxy) is 1. The molecule has 0 spiro atoms. The highest BCUT2D eigenvalue weighted by atomic mass is 32.1. The number of amides is 1. The van der Waals surface area contributed by atoms with Crippen LogP contribution in [-0.4, -0.2) is 30.7 Å². The van der Waals surface area contributed by atoms with E-state index in [1.54, 1.807) is 17.0 Å². The number of nitrogens with zero attached hydrogens (tertiary/aromatic N) is 1. The Balaban J connectivity index is 1.78. The molecule has 0 saturated carbocycles. The van der Waals surface area contributed by atoms with Gasteiger partial charge in [-0.25, -0.2) is 4.39 Å². The highest BCUT2D eigenvalue weighted by Crippen LogP contribution is 2.34. The minimum atomic E-state index is -0.254. The van der Waals surface area contributed by atoms with Gasteiger partial charge in [0.25, 0.3) is 5.91 Å². The van der Waals surface area contributed by atoms with Gasteiger partial charge in [-0.3, -0.25) is 4.79 Å². The molecule has 5 heteroatoms. The first kappa shape index (κ1) is 14.4. The second-order valence-corrected chi connectivity index (χ2v) is 6.52. The van der Waals surface area contributed by atoms with Gasteiger partial charge in [0.05, 0.1) is 11.5 Å². The lowest BCUT2D eigenvalue weighted by molar-refractivity contribution is 0.0699. The molecule has 1 aromatic heterocycles. The standard InChI is InChI=1S/C18H14FNO2S/c19-13-6-4-12(5-7-13)14-2-1-3-16-15(14)10-17(23-16)18(21)20-8-9-22-11-20/h1-7,10H,8-9,11H2. The summed E-state index contributed by atoms with van der Waals surface area (Å²) in [4.78, 5) is 14.9. The van der Waals surface area contributed by atoms with Crippen molar-refractivity contribution in [2.75, 3.05) is 19.9 Å². The van der Waals surface area contributed by atoms with Crippen molar-refractivity contribution in [2.45, 2.75) is 0 Å². The smallest absolute Gasteiger partial charge is 0.265 e. The van der Waals surface area contributed by atoms with E-state index in [2.05, 4.69) is 0 Å². The average Bonchev–Trinajstić information content (AvgIpc) is 3.24. The van der Waals surface area contributed by atoms with Crippen molar-refractivity contribution in [3.8, 4) is 11.1 Å².